The van der Waals surface area contributed by atoms with Crippen LogP contribution in [0.1, 0.15) is 0 Å². The van der Waals surface area contributed by atoms with Gasteiger partial charge in [-0.3, -0.25) is 0 Å². The van der Waals surface area contributed by atoms with E-state index in [4.69, 9.17) is 15.0 Å². The molecular formula is C51H33N3S. The van der Waals surface area contributed by atoms with E-state index >= 15 is 0 Å². The first kappa shape index (κ1) is 32.6. The van der Waals surface area contributed by atoms with Gasteiger partial charge in [-0.2, -0.15) is 0 Å². The molecule has 258 valence electrons. The fraction of sp³-hybridized carbons (Fsp3) is 0. The van der Waals surface area contributed by atoms with E-state index in [9.17, 15) is 0 Å². The van der Waals surface area contributed by atoms with Gasteiger partial charge in [-0.25, -0.2) is 15.0 Å². The topological polar surface area (TPSA) is 38.7 Å². The zero-order chi connectivity index (χ0) is 36.6. The number of nitrogens with zero attached hydrogens (tertiary/aromatic N) is 3. The molecule has 0 atom stereocenters. The van der Waals surface area contributed by atoms with Gasteiger partial charge in [0.2, 0.25) is 0 Å². The molecule has 10 rings (SSSR count). The van der Waals surface area contributed by atoms with Crippen molar-refractivity contribution in [1.29, 1.82) is 0 Å². The predicted octanol–water partition coefficient (Wildman–Crippen LogP) is 13.9. The number of hydrogen-bond acceptors (Lipinski definition) is 4. The van der Waals surface area contributed by atoms with E-state index in [0.717, 1.165) is 83.2 Å². The Bertz CT molecular complexity index is 2910. The Hall–Kier alpha value is -7.01. The quantitative estimate of drug-likeness (QED) is 0.165. The van der Waals surface area contributed by atoms with Crippen molar-refractivity contribution in [3.8, 4) is 78.5 Å². The lowest BCUT2D eigenvalue weighted by molar-refractivity contribution is 1.24. The summed E-state index contributed by atoms with van der Waals surface area (Å²) >= 11 is 1.72. The minimum absolute atomic E-state index is 0.726. The van der Waals surface area contributed by atoms with Crippen LogP contribution in [0.25, 0.3) is 98.8 Å². The van der Waals surface area contributed by atoms with Crippen LogP contribution in [-0.2, 0) is 0 Å². The first-order valence-electron chi connectivity index (χ1n) is 18.4. The van der Waals surface area contributed by atoms with E-state index in [1.165, 1.54) is 15.6 Å². The minimum atomic E-state index is 0.726. The standard InChI is InChI=1S/C51H33N3S/c1-4-15-34(16-5-1)43-32-45(35-17-6-2-7-18-35)52-46(33-43)41-25-13-23-39(30-41)37-21-12-22-38(29-37)40-24-14-26-42(31-40)50-53-49(36-19-8-3-9-20-36)48-44-27-10-11-28-47(44)55-51(48)54-50/h1-33H. The lowest BCUT2D eigenvalue weighted by atomic mass is 9.95. The van der Waals surface area contributed by atoms with Gasteiger partial charge < -0.3 is 0 Å². The van der Waals surface area contributed by atoms with Gasteiger partial charge in [-0.1, -0.05) is 164 Å². The molecule has 0 N–H and O–H groups in total. The molecule has 0 spiro atoms. The van der Waals surface area contributed by atoms with Gasteiger partial charge in [0.1, 0.15) is 4.83 Å². The maximum atomic E-state index is 5.24. The van der Waals surface area contributed by atoms with Crippen molar-refractivity contribution >= 4 is 31.6 Å². The molecule has 0 amide bonds. The summed E-state index contributed by atoms with van der Waals surface area (Å²) in [5.74, 6) is 0.726. The zero-order valence-electron chi connectivity index (χ0n) is 29.8. The lowest BCUT2D eigenvalue weighted by Crippen LogP contribution is -1.94. The Kier molecular flexibility index (Phi) is 8.36. The molecule has 0 saturated heterocycles. The van der Waals surface area contributed by atoms with Crippen molar-refractivity contribution in [3.05, 3.63) is 200 Å². The van der Waals surface area contributed by atoms with Gasteiger partial charge in [0, 0.05) is 37.7 Å². The summed E-state index contributed by atoms with van der Waals surface area (Å²) in [7, 11) is 0. The van der Waals surface area contributed by atoms with Crippen LogP contribution in [0.3, 0.4) is 0 Å². The van der Waals surface area contributed by atoms with E-state index in [0.29, 0.717) is 0 Å². The summed E-state index contributed by atoms with van der Waals surface area (Å²) in [5.41, 5.74) is 13.9. The summed E-state index contributed by atoms with van der Waals surface area (Å²) in [5, 5.41) is 2.30. The highest BCUT2D eigenvalue weighted by atomic mass is 32.1. The maximum absolute atomic E-state index is 5.24. The van der Waals surface area contributed by atoms with Crippen molar-refractivity contribution in [2.24, 2.45) is 0 Å². The van der Waals surface area contributed by atoms with Crippen molar-refractivity contribution in [1.82, 2.24) is 15.0 Å². The number of rotatable bonds is 7. The highest BCUT2D eigenvalue weighted by molar-refractivity contribution is 7.25. The highest BCUT2D eigenvalue weighted by Crippen LogP contribution is 2.40. The maximum Gasteiger partial charge on any atom is 0.161 e. The lowest BCUT2D eigenvalue weighted by Gasteiger charge is -2.12. The summed E-state index contributed by atoms with van der Waals surface area (Å²) in [4.78, 5) is 16.6. The van der Waals surface area contributed by atoms with Gasteiger partial charge in [0.05, 0.1) is 17.1 Å². The SMILES string of the molecule is c1ccc(-c2cc(-c3ccccc3)nc(-c3cccc(-c4cccc(-c5cccc(-c6nc(-c7ccccc7)c7c(n6)sc6ccccc67)c5)c4)c3)c2)cc1. The second-order valence-electron chi connectivity index (χ2n) is 13.6. The van der Waals surface area contributed by atoms with Crippen LogP contribution in [0.4, 0.5) is 0 Å². The average molecular weight is 720 g/mol. The largest absolute Gasteiger partial charge is 0.248 e. The summed E-state index contributed by atoms with van der Waals surface area (Å²) in [6.07, 6.45) is 0. The molecule has 0 aliphatic carbocycles. The molecule has 10 aromatic rings. The molecule has 0 bridgehead atoms. The molecule has 3 nitrogen and oxygen atoms in total. The van der Waals surface area contributed by atoms with Crippen molar-refractivity contribution in [2.45, 2.75) is 0 Å². The molecule has 0 unspecified atom stereocenters. The van der Waals surface area contributed by atoms with Crippen LogP contribution in [0.5, 0.6) is 0 Å². The van der Waals surface area contributed by atoms with E-state index in [1.807, 2.05) is 12.1 Å². The number of pyridine rings is 1. The Morgan fingerprint density at radius 2 is 0.782 bits per heavy atom. The molecule has 3 heterocycles. The van der Waals surface area contributed by atoms with E-state index in [1.54, 1.807) is 11.3 Å². The third-order valence-electron chi connectivity index (χ3n) is 10.1. The summed E-state index contributed by atoms with van der Waals surface area (Å²) < 4.78 is 1.21. The van der Waals surface area contributed by atoms with Crippen LogP contribution in [-0.4, -0.2) is 15.0 Å². The van der Waals surface area contributed by atoms with Crippen LogP contribution < -0.4 is 0 Å². The van der Waals surface area contributed by atoms with Crippen molar-refractivity contribution < 1.29 is 0 Å². The van der Waals surface area contributed by atoms with Gasteiger partial charge in [-0.05, 0) is 69.8 Å². The van der Waals surface area contributed by atoms with Crippen LogP contribution in [0.2, 0.25) is 0 Å². The molecule has 0 aliphatic heterocycles. The van der Waals surface area contributed by atoms with Gasteiger partial charge in [-0.15, -0.1) is 11.3 Å². The predicted molar refractivity (Wildman–Crippen MR) is 231 cm³/mol. The molecular weight excluding hydrogens is 687 g/mol. The van der Waals surface area contributed by atoms with Gasteiger partial charge in [0.15, 0.2) is 5.82 Å². The van der Waals surface area contributed by atoms with Gasteiger partial charge >= 0.3 is 0 Å². The molecule has 0 saturated carbocycles. The zero-order valence-corrected chi connectivity index (χ0v) is 30.6. The van der Waals surface area contributed by atoms with Crippen LogP contribution in [0, 0.1) is 0 Å². The smallest absolute Gasteiger partial charge is 0.161 e. The number of fused-ring (bicyclic) bond motifs is 3. The average Bonchev–Trinajstić information content (AvgIpc) is 3.66. The molecule has 0 aliphatic rings. The normalized spacial score (nSPS) is 11.3. The number of hydrogen-bond donors (Lipinski definition) is 0. The molecule has 4 heteroatoms. The third-order valence-corrected chi connectivity index (χ3v) is 11.2. The van der Waals surface area contributed by atoms with Crippen molar-refractivity contribution in [2.75, 3.05) is 0 Å². The van der Waals surface area contributed by atoms with Crippen molar-refractivity contribution in [3.63, 3.8) is 0 Å². The Morgan fingerprint density at radius 1 is 0.309 bits per heavy atom. The van der Waals surface area contributed by atoms with E-state index in [2.05, 4.69) is 188 Å². The van der Waals surface area contributed by atoms with Gasteiger partial charge in [0.25, 0.3) is 0 Å². The van der Waals surface area contributed by atoms with E-state index < -0.39 is 0 Å². The summed E-state index contributed by atoms with van der Waals surface area (Å²) in [6, 6.07) is 70.4. The second kappa shape index (κ2) is 14.1. The number of benzene rings is 7. The highest BCUT2D eigenvalue weighted by Gasteiger charge is 2.17. The summed E-state index contributed by atoms with van der Waals surface area (Å²) in [6.45, 7) is 0. The minimum Gasteiger partial charge on any atom is -0.248 e. The molecule has 7 aromatic carbocycles. The van der Waals surface area contributed by atoms with E-state index in [-0.39, 0.29) is 0 Å². The monoisotopic (exact) mass is 719 g/mol. The molecule has 0 fully saturated rings. The van der Waals surface area contributed by atoms with Crippen LogP contribution >= 0.6 is 11.3 Å². The molecule has 55 heavy (non-hydrogen) atoms. The first-order valence-corrected chi connectivity index (χ1v) is 19.2. The second-order valence-corrected chi connectivity index (χ2v) is 14.7. The fourth-order valence-electron chi connectivity index (χ4n) is 7.36. The molecule has 3 aromatic heterocycles. The number of thiophene rings is 1. The Balaban J connectivity index is 1.03. The fourth-order valence-corrected chi connectivity index (χ4v) is 8.44. The first-order chi connectivity index (χ1) is 27.2. The third kappa shape index (κ3) is 6.39. The molecule has 0 radical (unpaired) electrons. The number of aromatic nitrogens is 3. The van der Waals surface area contributed by atoms with Crippen LogP contribution in [0.15, 0.2) is 200 Å². The Labute approximate surface area is 323 Å². The Morgan fingerprint density at radius 3 is 1.44 bits per heavy atom.